The third kappa shape index (κ3) is 5.37. The quantitative estimate of drug-likeness (QED) is 0.759. The second-order valence-corrected chi connectivity index (χ2v) is 6.07. The predicted molar refractivity (Wildman–Crippen MR) is 83.3 cm³/mol. The number of halogens is 1. The second-order valence-electron chi connectivity index (χ2n) is 5.15. The molecular weight excluding hydrogens is 338 g/mol. The molecule has 0 aromatic carbocycles. The number of hydrogen-bond donors (Lipinski definition) is 2. The first-order valence-electron chi connectivity index (χ1n) is 6.70. The van der Waals surface area contributed by atoms with Gasteiger partial charge >= 0.3 is 0 Å². The standard InChI is InChI=1S/C14H20BrN3O3/c1-18(2)7-11(19)8-20-9-12-5-14(17-21-12)13-4-3-10(15)6-16-13/h3-6,11-12,17,19H,7-9H2,1-2H3/t11?,12-/m0/s1. The van der Waals surface area contributed by atoms with Crippen LogP contribution in [0.25, 0.3) is 5.70 Å². The SMILES string of the molecule is CN(C)CC(O)COC[C@@H]1C=C(c2ccc(Br)cn2)NO1. The Balaban J connectivity index is 1.77. The molecule has 0 radical (unpaired) electrons. The van der Waals surface area contributed by atoms with Gasteiger partial charge in [-0.15, -0.1) is 0 Å². The van der Waals surface area contributed by atoms with Crippen LogP contribution in [0.5, 0.6) is 0 Å². The first-order valence-corrected chi connectivity index (χ1v) is 7.50. The fourth-order valence-electron chi connectivity index (χ4n) is 1.94. The number of aliphatic hydroxyl groups is 1. The Morgan fingerprint density at radius 3 is 3.00 bits per heavy atom. The molecular formula is C14H20BrN3O3. The molecule has 0 amide bonds. The number of nitrogens with zero attached hydrogens (tertiary/aromatic N) is 2. The molecule has 1 unspecified atom stereocenters. The van der Waals surface area contributed by atoms with Crippen molar-refractivity contribution in [2.75, 3.05) is 33.9 Å². The zero-order valence-electron chi connectivity index (χ0n) is 12.1. The number of likely N-dealkylation sites (N-methyl/N-ethyl adjacent to an activating group) is 1. The molecule has 1 aromatic heterocycles. The van der Waals surface area contributed by atoms with Gasteiger partial charge in [0.05, 0.1) is 30.7 Å². The number of rotatable bonds is 7. The molecule has 0 saturated carbocycles. The van der Waals surface area contributed by atoms with E-state index in [4.69, 9.17) is 9.57 Å². The maximum absolute atomic E-state index is 9.70. The Morgan fingerprint density at radius 1 is 1.52 bits per heavy atom. The molecule has 6 nitrogen and oxygen atoms in total. The van der Waals surface area contributed by atoms with Gasteiger partial charge in [-0.3, -0.25) is 15.3 Å². The lowest BCUT2D eigenvalue weighted by molar-refractivity contribution is -0.0362. The predicted octanol–water partition coefficient (Wildman–Crippen LogP) is 1.03. The molecule has 0 spiro atoms. The van der Waals surface area contributed by atoms with E-state index in [0.717, 1.165) is 15.9 Å². The van der Waals surface area contributed by atoms with Gasteiger partial charge in [-0.05, 0) is 48.2 Å². The van der Waals surface area contributed by atoms with Crippen molar-refractivity contribution in [1.29, 1.82) is 0 Å². The maximum atomic E-state index is 9.70. The van der Waals surface area contributed by atoms with Crippen LogP contribution in [-0.4, -0.2) is 61.1 Å². The largest absolute Gasteiger partial charge is 0.389 e. The van der Waals surface area contributed by atoms with Crippen LogP contribution in [0, 0.1) is 0 Å². The van der Waals surface area contributed by atoms with Gasteiger partial charge in [-0.2, -0.15) is 0 Å². The van der Waals surface area contributed by atoms with Crippen LogP contribution >= 0.6 is 15.9 Å². The van der Waals surface area contributed by atoms with Crippen LogP contribution in [0.3, 0.4) is 0 Å². The zero-order valence-corrected chi connectivity index (χ0v) is 13.7. The van der Waals surface area contributed by atoms with Gasteiger partial charge in [-0.25, -0.2) is 0 Å². The van der Waals surface area contributed by atoms with E-state index in [-0.39, 0.29) is 12.7 Å². The van der Waals surface area contributed by atoms with Gasteiger partial charge in [-0.1, -0.05) is 0 Å². The van der Waals surface area contributed by atoms with Gasteiger partial charge in [0.2, 0.25) is 0 Å². The normalized spacial score (nSPS) is 19.5. The lowest BCUT2D eigenvalue weighted by atomic mass is 10.2. The molecule has 2 rings (SSSR count). The average molecular weight is 358 g/mol. The highest BCUT2D eigenvalue weighted by Crippen LogP contribution is 2.18. The Kier molecular flexibility index (Phi) is 6.13. The summed E-state index contributed by atoms with van der Waals surface area (Å²) in [7, 11) is 3.82. The third-order valence-electron chi connectivity index (χ3n) is 2.84. The highest BCUT2D eigenvalue weighted by Gasteiger charge is 2.19. The fraction of sp³-hybridized carbons (Fsp3) is 0.500. The lowest BCUT2D eigenvalue weighted by Crippen LogP contribution is -2.30. The molecule has 0 fully saturated rings. The zero-order chi connectivity index (χ0) is 15.2. The Bertz CT molecular complexity index is 479. The third-order valence-corrected chi connectivity index (χ3v) is 3.31. The van der Waals surface area contributed by atoms with Gasteiger partial charge in [0, 0.05) is 17.2 Å². The molecule has 2 N–H and O–H groups in total. The summed E-state index contributed by atoms with van der Waals surface area (Å²) in [6, 6.07) is 3.82. The van der Waals surface area contributed by atoms with Crippen LogP contribution < -0.4 is 5.48 Å². The second kappa shape index (κ2) is 7.86. The van der Waals surface area contributed by atoms with Crippen molar-refractivity contribution in [3.05, 3.63) is 34.6 Å². The van der Waals surface area contributed by atoms with Crippen molar-refractivity contribution in [3.8, 4) is 0 Å². The van der Waals surface area contributed by atoms with Gasteiger partial charge in [0.1, 0.15) is 6.10 Å². The molecule has 7 heteroatoms. The van der Waals surface area contributed by atoms with Crippen LogP contribution in [0.15, 0.2) is 28.9 Å². The number of hydrogen-bond acceptors (Lipinski definition) is 6. The molecule has 1 aromatic rings. The van der Waals surface area contributed by atoms with Crippen LogP contribution in [0.2, 0.25) is 0 Å². The Morgan fingerprint density at radius 2 is 2.33 bits per heavy atom. The Labute approximate surface area is 132 Å². The van der Waals surface area contributed by atoms with Crippen molar-refractivity contribution in [2.45, 2.75) is 12.2 Å². The highest BCUT2D eigenvalue weighted by molar-refractivity contribution is 9.10. The summed E-state index contributed by atoms with van der Waals surface area (Å²) in [4.78, 5) is 11.6. The first-order chi connectivity index (χ1) is 10.0. The molecule has 21 heavy (non-hydrogen) atoms. The van der Waals surface area contributed by atoms with E-state index in [9.17, 15) is 5.11 Å². The van der Waals surface area contributed by atoms with Gasteiger partial charge < -0.3 is 14.7 Å². The molecule has 1 aliphatic rings. The summed E-state index contributed by atoms with van der Waals surface area (Å²) in [6.07, 6.45) is 2.98. The van der Waals surface area contributed by atoms with Crippen molar-refractivity contribution in [1.82, 2.24) is 15.4 Å². The molecule has 0 saturated heterocycles. The summed E-state index contributed by atoms with van der Waals surface area (Å²) in [5, 5.41) is 9.70. The van der Waals surface area contributed by atoms with Crippen molar-refractivity contribution < 1.29 is 14.7 Å². The van der Waals surface area contributed by atoms with E-state index in [0.29, 0.717) is 13.2 Å². The van der Waals surface area contributed by atoms with E-state index in [1.807, 2.05) is 37.2 Å². The minimum absolute atomic E-state index is 0.183. The topological polar surface area (TPSA) is 66.9 Å². The Hall–Kier alpha value is -0.990. The number of nitrogens with one attached hydrogen (secondary N) is 1. The number of aromatic nitrogens is 1. The van der Waals surface area contributed by atoms with Crippen LogP contribution in [0.4, 0.5) is 0 Å². The van der Waals surface area contributed by atoms with Crippen molar-refractivity contribution in [3.63, 3.8) is 0 Å². The summed E-state index contributed by atoms with van der Waals surface area (Å²) >= 11 is 3.35. The maximum Gasteiger partial charge on any atom is 0.129 e. The summed E-state index contributed by atoms with van der Waals surface area (Å²) in [5.41, 5.74) is 4.48. The average Bonchev–Trinajstić information content (AvgIpc) is 2.87. The van der Waals surface area contributed by atoms with E-state index in [1.54, 1.807) is 6.20 Å². The molecule has 2 atom stereocenters. The summed E-state index contributed by atoms with van der Waals surface area (Å²) in [6.45, 7) is 1.25. The molecule has 116 valence electrons. The molecule has 1 aliphatic heterocycles. The van der Waals surface area contributed by atoms with Crippen LogP contribution in [-0.2, 0) is 9.57 Å². The van der Waals surface area contributed by atoms with Crippen molar-refractivity contribution in [2.24, 2.45) is 0 Å². The van der Waals surface area contributed by atoms with E-state index >= 15 is 0 Å². The van der Waals surface area contributed by atoms with Gasteiger partial charge in [0.25, 0.3) is 0 Å². The first kappa shape index (κ1) is 16.4. The number of hydroxylamine groups is 1. The van der Waals surface area contributed by atoms with Gasteiger partial charge in [0.15, 0.2) is 0 Å². The van der Waals surface area contributed by atoms with Crippen molar-refractivity contribution >= 4 is 21.6 Å². The number of pyridine rings is 1. The molecule has 2 heterocycles. The highest BCUT2D eigenvalue weighted by atomic mass is 79.9. The monoisotopic (exact) mass is 357 g/mol. The van der Waals surface area contributed by atoms with E-state index < -0.39 is 6.10 Å². The minimum Gasteiger partial charge on any atom is -0.389 e. The number of ether oxygens (including phenoxy) is 1. The molecule has 0 bridgehead atoms. The summed E-state index contributed by atoms with van der Waals surface area (Å²) in [5.74, 6) is 0. The summed E-state index contributed by atoms with van der Waals surface area (Å²) < 4.78 is 6.40. The fourth-order valence-corrected chi connectivity index (χ4v) is 2.18. The minimum atomic E-state index is -0.494. The smallest absolute Gasteiger partial charge is 0.129 e. The van der Waals surface area contributed by atoms with E-state index in [2.05, 4.69) is 26.4 Å². The van der Waals surface area contributed by atoms with E-state index in [1.165, 1.54) is 0 Å². The van der Waals surface area contributed by atoms with Crippen LogP contribution in [0.1, 0.15) is 5.69 Å². The number of aliphatic hydroxyl groups excluding tert-OH is 1. The molecule has 0 aliphatic carbocycles. The lowest BCUT2D eigenvalue weighted by Gasteiger charge is -2.16.